The van der Waals surface area contributed by atoms with Crippen LogP contribution in [0.15, 0.2) is 24.3 Å². The fourth-order valence-corrected chi connectivity index (χ4v) is 2.02. The minimum absolute atomic E-state index is 0.00233. The number of amides is 1. The molecule has 0 saturated carbocycles. The summed E-state index contributed by atoms with van der Waals surface area (Å²) < 4.78 is 10.7. The number of ether oxygens (including phenoxy) is 2. The minimum atomic E-state index is -0.00233. The van der Waals surface area contributed by atoms with E-state index >= 15 is 0 Å². The second kappa shape index (κ2) is 6.49. The number of thiocarbonyl (C=S) groups is 1. The zero-order chi connectivity index (χ0) is 13.7. The lowest BCUT2D eigenvalue weighted by molar-refractivity contribution is -0.143. The third-order valence-electron chi connectivity index (χ3n) is 2.86. The van der Waals surface area contributed by atoms with E-state index in [9.17, 15) is 4.79 Å². The summed E-state index contributed by atoms with van der Waals surface area (Å²) in [6.07, 6.45) is 0. The molecule has 0 aromatic heterocycles. The number of hydrogen-bond donors (Lipinski definition) is 1. The molecule has 1 fully saturated rings. The summed E-state index contributed by atoms with van der Waals surface area (Å²) in [4.78, 5) is 13.5. The summed E-state index contributed by atoms with van der Waals surface area (Å²) in [5.74, 6) is 0.646. The Bertz CT molecular complexity index is 479. The van der Waals surface area contributed by atoms with Gasteiger partial charge in [-0.3, -0.25) is 4.79 Å². The first-order valence-corrected chi connectivity index (χ1v) is 6.46. The quantitative estimate of drug-likeness (QED) is 0.798. The molecule has 0 bridgehead atoms. The highest BCUT2D eigenvalue weighted by Crippen LogP contribution is 2.17. The summed E-state index contributed by atoms with van der Waals surface area (Å²) in [5, 5.41) is 0. The highest BCUT2D eigenvalue weighted by molar-refractivity contribution is 7.80. The zero-order valence-corrected chi connectivity index (χ0v) is 11.3. The largest absolute Gasteiger partial charge is 0.491 e. The molecule has 19 heavy (non-hydrogen) atoms. The van der Waals surface area contributed by atoms with Crippen molar-refractivity contribution >= 4 is 23.1 Å². The molecule has 1 aliphatic rings. The Morgan fingerprint density at radius 3 is 3.00 bits per heavy atom. The highest BCUT2D eigenvalue weighted by atomic mass is 32.1. The average Bonchev–Trinajstić information content (AvgIpc) is 2.41. The van der Waals surface area contributed by atoms with Crippen LogP contribution in [0.3, 0.4) is 0 Å². The van der Waals surface area contributed by atoms with E-state index in [2.05, 4.69) is 0 Å². The maximum atomic E-state index is 11.5. The number of carbonyl (C=O) groups is 1. The van der Waals surface area contributed by atoms with Gasteiger partial charge in [-0.2, -0.15) is 0 Å². The van der Waals surface area contributed by atoms with Crippen LogP contribution in [0.5, 0.6) is 5.75 Å². The lowest BCUT2D eigenvalue weighted by atomic mass is 10.2. The number of para-hydroxylation sites is 1. The van der Waals surface area contributed by atoms with Crippen LogP contribution in [0.2, 0.25) is 0 Å². The summed E-state index contributed by atoms with van der Waals surface area (Å²) in [7, 11) is 0. The van der Waals surface area contributed by atoms with Gasteiger partial charge >= 0.3 is 0 Å². The van der Waals surface area contributed by atoms with Crippen molar-refractivity contribution in [2.24, 2.45) is 5.73 Å². The van der Waals surface area contributed by atoms with Crippen molar-refractivity contribution in [2.45, 2.75) is 0 Å². The molecule has 0 spiro atoms. The van der Waals surface area contributed by atoms with Gasteiger partial charge in [0.15, 0.2) is 0 Å². The van der Waals surface area contributed by atoms with Crippen LogP contribution < -0.4 is 10.5 Å². The van der Waals surface area contributed by atoms with Gasteiger partial charge in [0.05, 0.1) is 18.7 Å². The molecular weight excluding hydrogens is 264 g/mol. The Kier molecular flexibility index (Phi) is 4.70. The van der Waals surface area contributed by atoms with Crippen molar-refractivity contribution in [3.63, 3.8) is 0 Å². The van der Waals surface area contributed by atoms with Crippen molar-refractivity contribution in [2.75, 3.05) is 32.9 Å². The van der Waals surface area contributed by atoms with Crippen LogP contribution >= 0.6 is 12.2 Å². The maximum Gasteiger partial charge on any atom is 0.248 e. The molecule has 102 valence electrons. The number of rotatable bonds is 5. The Hall–Kier alpha value is -1.66. The predicted molar refractivity (Wildman–Crippen MR) is 75.2 cm³/mol. The summed E-state index contributed by atoms with van der Waals surface area (Å²) in [6.45, 7) is 2.29. The molecule has 2 N–H and O–H groups in total. The fraction of sp³-hybridized carbons (Fsp3) is 0.385. The van der Waals surface area contributed by atoms with Crippen LogP contribution in [0.1, 0.15) is 5.56 Å². The third kappa shape index (κ3) is 3.65. The smallest absolute Gasteiger partial charge is 0.248 e. The molecule has 0 atom stereocenters. The SMILES string of the molecule is NC(=S)c1ccccc1OCCN1CCOCC1=O. The lowest BCUT2D eigenvalue weighted by Crippen LogP contribution is -2.43. The summed E-state index contributed by atoms with van der Waals surface area (Å²) in [5.41, 5.74) is 6.34. The van der Waals surface area contributed by atoms with E-state index in [1.54, 1.807) is 4.90 Å². The van der Waals surface area contributed by atoms with E-state index in [0.717, 1.165) is 0 Å². The molecular formula is C13H16N2O3S. The highest BCUT2D eigenvalue weighted by Gasteiger charge is 2.18. The first kappa shape index (κ1) is 13.8. The topological polar surface area (TPSA) is 64.8 Å². The molecule has 1 aromatic carbocycles. The van der Waals surface area contributed by atoms with Gasteiger partial charge in [-0.15, -0.1) is 0 Å². The molecule has 5 nitrogen and oxygen atoms in total. The zero-order valence-electron chi connectivity index (χ0n) is 10.5. The van der Waals surface area contributed by atoms with Crippen LogP contribution in [0.4, 0.5) is 0 Å². The van der Waals surface area contributed by atoms with E-state index in [1.807, 2.05) is 24.3 Å². The Labute approximate surface area is 117 Å². The first-order valence-electron chi connectivity index (χ1n) is 6.05. The molecule has 1 aromatic rings. The van der Waals surface area contributed by atoms with Gasteiger partial charge in [0.25, 0.3) is 0 Å². The lowest BCUT2D eigenvalue weighted by Gasteiger charge is -2.26. The minimum Gasteiger partial charge on any atom is -0.491 e. The first-order chi connectivity index (χ1) is 9.18. The van der Waals surface area contributed by atoms with Crippen molar-refractivity contribution in [1.82, 2.24) is 4.90 Å². The van der Waals surface area contributed by atoms with E-state index in [1.165, 1.54) is 0 Å². The van der Waals surface area contributed by atoms with Gasteiger partial charge in [-0.25, -0.2) is 0 Å². The van der Waals surface area contributed by atoms with Crippen molar-refractivity contribution in [1.29, 1.82) is 0 Å². The number of carbonyl (C=O) groups excluding carboxylic acids is 1. The molecule has 1 heterocycles. The van der Waals surface area contributed by atoms with Crippen LogP contribution in [-0.2, 0) is 9.53 Å². The van der Waals surface area contributed by atoms with E-state index < -0.39 is 0 Å². The second-order valence-corrected chi connectivity index (χ2v) is 4.58. The van der Waals surface area contributed by atoms with Crippen molar-refractivity contribution in [3.8, 4) is 5.75 Å². The normalized spacial score (nSPS) is 15.4. The van der Waals surface area contributed by atoms with Gasteiger partial charge in [0, 0.05) is 6.54 Å². The average molecular weight is 280 g/mol. The summed E-state index contributed by atoms with van der Waals surface area (Å²) >= 11 is 4.96. The Balaban J connectivity index is 1.89. The van der Waals surface area contributed by atoms with Crippen LogP contribution in [0.25, 0.3) is 0 Å². The third-order valence-corrected chi connectivity index (χ3v) is 3.07. The van der Waals surface area contributed by atoms with E-state index in [0.29, 0.717) is 42.6 Å². The molecule has 1 saturated heterocycles. The monoisotopic (exact) mass is 280 g/mol. The number of nitrogens with two attached hydrogens (primary N) is 1. The molecule has 2 rings (SSSR count). The van der Waals surface area contributed by atoms with Crippen molar-refractivity contribution < 1.29 is 14.3 Å². The van der Waals surface area contributed by atoms with Gasteiger partial charge in [0.2, 0.25) is 5.91 Å². The number of nitrogens with zero attached hydrogens (tertiary/aromatic N) is 1. The predicted octanol–water partition coefficient (Wildman–Crippen LogP) is 0.558. The molecule has 1 amide bonds. The molecule has 0 unspecified atom stereocenters. The Morgan fingerprint density at radius 1 is 1.47 bits per heavy atom. The van der Waals surface area contributed by atoms with E-state index in [-0.39, 0.29) is 12.5 Å². The maximum absolute atomic E-state index is 11.5. The van der Waals surface area contributed by atoms with Gasteiger partial charge in [-0.05, 0) is 12.1 Å². The molecule has 6 heteroatoms. The number of morpholine rings is 1. The molecule has 1 aliphatic heterocycles. The molecule has 0 aliphatic carbocycles. The second-order valence-electron chi connectivity index (χ2n) is 4.14. The van der Waals surface area contributed by atoms with Gasteiger partial charge in [0.1, 0.15) is 24.0 Å². The Morgan fingerprint density at radius 2 is 2.26 bits per heavy atom. The summed E-state index contributed by atoms with van der Waals surface area (Å²) in [6, 6.07) is 7.34. The van der Waals surface area contributed by atoms with Gasteiger partial charge in [-0.1, -0.05) is 24.4 Å². The van der Waals surface area contributed by atoms with Gasteiger partial charge < -0.3 is 20.1 Å². The van der Waals surface area contributed by atoms with Crippen molar-refractivity contribution in [3.05, 3.63) is 29.8 Å². The van der Waals surface area contributed by atoms with Crippen LogP contribution in [-0.4, -0.2) is 48.7 Å². The fourth-order valence-electron chi connectivity index (χ4n) is 1.85. The number of hydrogen-bond acceptors (Lipinski definition) is 4. The number of benzene rings is 1. The van der Waals surface area contributed by atoms with E-state index in [4.69, 9.17) is 27.4 Å². The standard InChI is InChI=1S/C13H16N2O3S/c14-13(19)10-3-1-2-4-11(10)18-8-6-15-5-7-17-9-12(15)16/h1-4H,5-9H2,(H2,14,19). The van der Waals surface area contributed by atoms with Crippen LogP contribution in [0, 0.1) is 0 Å². The molecule has 0 radical (unpaired) electrons.